The third-order valence-electron chi connectivity index (χ3n) is 13.8. The van der Waals surface area contributed by atoms with E-state index in [1.54, 1.807) is 0 Å². The van der Waals surface area contributed by atoms with Crippen LogP contribution in [-0.2, 0) is 14.4 Å². The van der Waals surface area contributed by atoms with Crippen LogP contribution in [-0.4, -0.2) is 22.6 Å². The lowest BCUT2D eigenvalue weighted by Gasteiger charge is -2.70. The highest BCUT2D eigenvalue weighted by Gasteiger charge is 2.70. The van der Waals surface area contributed by atoms with Gasteiger partial charge in [-0.1, -0.05) is 77.4 Å². The second-order valence-electron chi connectivity index (χ2n) is 16.4. The molecule has 41 heavy (non-hydrogen) atoms. The summed E-state index contributed by atoms with van der Waals surface area (Å²) in [6.07, 6.45) is 10.9. The fourth-order valence-corrected chi connectivity index (χ4v) is 11.1. The Hall–Kier alpha value is -2.49. The van der Waals surface area contributed by atoms with Gasteiger partial charge in [0.15, 0.2) is 11.6 Å². The number of benzene rings is 1. The Balaban J connectivity index is 1.47. The molecule has 0 heterocycles. The minimum Gasteiger partial charge on any atom is -0.481 e. The van der Waals surface area contributed by atoms with E-state index in [1.807, 2.05) is 43.3 Å². The Morgan fingerprint density at radius 3 is 2.22 bits per heavy atom. The van der Waals surface area contributed by atoms with Crippen LogP contribution < -0.4 is 0 Å². The molecule has 220 valence electrons. The summed E-state index contributed by atoms with van der Waals surface area (Å²) >= 11 is 0. The molecule has 4 fully saturated rings. The van der Waals surface area contributed by atoms with Crippen molar-refractivity contribution in [2.24, 2.45) is 50.2 Å². The predicted molar refractivity (Wildman–Crippen MR) is 162 cm³/mol. The normalized spacial score (nSPS) is 46.1. The summed E-state index contributed by atoms with van der Waals surface area (Å²) in [5, 5.41) is 10.2. The van der Waals surface area contributed by atoms with Gasteiger partial charge in [-0.05, 0) is 115 Å². The standard InChI is InChI=1S/C37H48O4/c1-32(2)28-13-14-37(7)29(35(28,5)21-24(30(32)39)19-23-11-9-8-10-12-23)27(38)20-25-26-22-34(4,31(40)41)16-15-33(26,3)17-18-36(25,37)6/h8-12,19-20,26,28-29H,13-18,21-22H2,1-7H3,(H,40,41)/b24-19+/t26-,28-,29+,33+,34-,35-,36+,37+/m0/s1. The van der Waals surface area contributed by atoms with E-state index in [9.17, 15) is 19.5 Å². The number of allylic oxidation sites excluding steroid dienone is 3. The van der Waals surface area contributed by atoms with E-state index in [0.717, 1.165) is 43.2 Å². The van der Waals surface area contributed by atoms with Crippen molar-refractivity contribution in [1.29, 1.82) is 0 Å². The first-order valence-electron chi connectivity index (χ1n) is 15.8. The molecule has 0 spiro atoms. The molecule has 0 bridgehead atoms. The van der Waals surface area contributed by atoms with E-state index in [-0.39, 0.29) is 51.0 Å². The molecule has 1 N–H and O–H groups in total. The van der Waals surface area contributed by atoms with E-state index >= 15 is 0 Å². The van der Waals surface area contributed by atoms with Crippen molar-refractivity contribution in [2.45, 2.75) is 99.8 Å². The maximum Gasteiger partial charge on any atom is 0.309 e. The topological polar surface area (TPSA) is 71.4 Å². The quantitative estimate of drug-likeness (QED) is 0.372. The van der Waals surface area contributed by atoms with Gasteiger partial charge in [0, 0.05) is 11.3 Å². The molecule has 0 aromatic heterocycles. The van der Waals surface area contributed by atoms with Crippen LogP contribution >= 0.6 is 0 Å². The first kappa shape index (κ1) is 28.6. The number of rotatable bonds is 2. The van der Waals surface area contributed by atoms with Crippen molar-refractivity contribution in [3.63, 3.8) is 0 Å². The zero-order valence-electron chi connectivity index (χ0n) is 26.1. The monoisotopic (exact) mass is 556 g/mol. The van der Waals surface area contributed by atoms with Crippen LogP contribution in [0.1, 0.15) is 105 Å². The minimum atomic E-state index is -0.751. The van der Waals surface area contributed by atoms with Gasteiger partial charge in [-0.2, -0.15) is 0 Å². The van der Waals surface area contributed by atoms with E-state index in [2.05, 4.69) is 47.6 Å². The molecule has 0 aliphatic heterocycles. The van der Waals surface area contributed by atoms with Crippen LogP contribution in [0.4, 0.5) is 0 Å². The lowest BCUT2D eigenvalue weighted by Crippen LogP contribution is -2.66. The highest BCUT2D eigenvalue weighted by molar-refractivity contribution is 6.05. The van der Waals surface area contributed by atoms with Crippen LogP contribution in [0.2, 0.25) is 0 Å². The number of fused-ring (bicyclic) bond motifs is 7. The first-order chi connectivity index (χ1) is 19.0. The van der Waals surface area contributed by atoms with Crippen molar-refractivity contribution in [3.8, 4) is 0 Å². The van der Waals surface area contributed by atoms with Gasteiger partial charge >= 0.3 is 5.97 Å². The van der Waals surface area contributed by atoms with E-state index < -0.39 is 16.8 Å². The molecule has 5 aliphatic carbocycles. The van der Waals surface area contributed by atoms with Gasteiger partial charge in [0.2, 0.25) is 0 Å². The molecule has 0 unspecified atom stereocenters. The van der Waals surface area contributed by atoms with Crippen molar-refractivity contribution in [2.75, 3.05) is 0 Å². The van der Waals surface area contributed by atoms with E-state index in [0.29, 0.717) is 19.3 Å². The second kappa shape index (κ2) is 8.77. The number of carbonyl (C=O) groups excluding carboxylic acids is 2. The Morgan fingerprint density at radius 2 is 1.56 bits per heavy atom. The number of hydrogen-bond acceptors (Lipinski definition) is 3. The SMILES string of the molecule is CC1(C)C(=O)/C(=C/c2ccccc2)C[C@]2(C)[C@H]3C(=O)C=C4[C@@H]5C[C@@](C)(C(=O)O)CC[C@]5(C)CC[C@@]4(C)[C@]3(C)CC[C@@H]12. The Bertz CT molecular complexity index is 1380. The maximum absolute atomic E-state index is 14.6. The summed E-state index contributed by atoms with van der Waals surface area (Å²) in [5.74, 6) is -0.201. The molecule has 4 nitrogen and oxygen atoms in total. The molecular formula is C37H48O4. The number of carbonyl (C=O) groups is 3. The number of ketones is 2. The van der Waals surface area contributed by atoms with Gasteiger partial charge < -0.3 is 5.11 Å². The molecule has 5 aliphatic rings. The third-order valence-corrected chi connectivity index (χ3v) is 13.8. The van der Waals surface area contributed by atoms with Gasteiger partial charge in [0.05, 0.1) is 5.41 Å². The number of carboxylic acids is 1. The van der Waals surface area contributed by atoms with Gasteiger partial charge in [0.1, 0.15) is 0 Å². The predicted octanol–water partition coefficient (Wildman–Crippen LogP) is 8.31. The van der Waals surface area contributed by atoms with Crippen LogP contribution in [0.25, 0.3) is 6.08 Å². The fraction of sp³-hybridized carbons (Fsp3) is 0.649. The van der Waals surface area contributed by atoms with Gasteiger partial charge in [-0.15, -0.1) is 0 Å². The molecule has 6 rings (SSSR count). The smallest absolute Gasteiger partial charge is 0.309 e. The molecule has 0 saturated heterocycles. The largest absolute Gasteiger partial charge is 0.481 e. The van der Waals surface area contributed by atoms with Crippen LogP contribution in [0, 0.1) is 50.2 Å². The molecule has 1 aromatic carbocycles. The first-order valence-corrected chi connectivity index (χ1v) is 15.8. The van der Waals surface area contributed by atoms with Crippen LogP contribution in [0.5, 0.6) is 0 Å². The summed E-state index contributed by atoms with van der Waals surface area (Å²) < 4.78 is 0. The minimum absolute atomic E-state index is 0.0374. The molecule has 4 saturated carbocycles. The Labute approximate surface area is 246 Å². The zero-order valence-corrected chi connectivity index (χ0v) is 26.1. The number of carboxylic acid groups (broad SMARTS) is 1. The van der Waals surface area contributed by atoms with Crippen molar-refractivity contribution in [1.82, 2.24) is 0 Å². The third kappa shape index (κ3) is 3.74. The van der Waals surface area contributed by atoms with Gasteiger partial charge in [-0.25, -0.2) is 0 Å². The second-order valence-corrected chi connectivity index (χ2v) is 16.4. The number of hydrogen-bond donors (Lipinski definition) is 1. The molecule has 4 heteroatoms. The summed E-state index contributed by atoms with van der Waals surface area (Å²) in [6.45, 7) is 15.5. The van der Waals surface area contributed by atoms with Crippen LogP contribution in [0.3, 0.4) is 0 Å². The average molecular weight is 557 g/mol. The molecular weight excluding hydrogens is 508 g/mol. The Morgan fingerprint density at radius 1 is 0.902 bits per heavy atom. The fourth-order valence-electron chi connectivity index (χ4n) is 11.1. The molecule has 0 amide bonds. The van der Waals surface area contributed by atoms with E-state index in [4.69, 9.17) is 0 Å². The highest BCUT2D eigenvalue weighted by atomic mass is 16.4. The van der Waals surface area contributed by atoms with Gasteiger partial charge in [0.25, 0.3) is 0 Å². The summed E-state index contributed by atoms with van der Waals surface area (Å²) in [6, 6.07) is 10.1. The van der Waals surface area contributed by atoms with Crippen molar-refractivity contribution in [3.05, 3.63) is 53.1 Å². The van der Waals surface area contributed by atoms with Gasteiger partial charge in [-0.3, -0.25) is 14.4 Å². The van der Waals surface area contributed by atoms with Crippen molar-refractivity contribution >= 4 is 23.6 Å². The highest BCUT2D eigenvalue weighted by Crippen LogP contribution is 2.75. The average Bonchev–Trinajstić information content (AvgIpc) is 2.90. The van der Waals surface area contributed by atoms with Crippen LogP contribution in [0.15, 0.2) is 47.6 Å². The lowest BCUT2D eigenvalue weighted by atomic mass is 9.33. The maximum atomic E-state index is 14.6. The molecule has 1 aromatic rings. The summed E-state index contributed by atoms with van der Waals surface area (Å²) in [5.41, 5.74) is 1.10. The zero-order chi connectivity index (χ0) is 29.8. The molecule has 8 atom stereocenters. The molecule has 0 radical (unpaired) electrons. The Kier molecular flexibility index (Phi) is 6.12. The number of Topliss-reactive ketones (excluding diaryl/α,β-unsaturated/α-hetero) is 1. The number of aliphatic carboxylic acids is 1. The van der Waals surface area contributed by atoms with Crippen molar-refractivity contribution < 1.29 is 19.5 Å². The lowest BCUT2D eigenvalue weighted by molar-refractivity contribution is -0.183. The van der Waals surface area contributed by atoms with E-state index in [1.165, 1.54) is 5.57 Å². The summed E-state index contributed by atoms with van der Waals surface area (Å²) in [7, 11) is 0. The summed E-state index contributed by atoms with van der Waals surface area (Å²) in [4.78, 5) is 41.0.